The zero-order valence-corrected chi connectivity index (χ0v) is 12.5. The van der Waals surface area contributed by atoms with Crippen LogP contribution in [0.1, 0.15) is 44.7 Å². The van der Waals surface area contributed by atoms with E-state index < -0.39 is 5.60 Å². The number of rotatable bonds is 4. The summed E-state index contributed by atoms with van der Waals surface area (Å²) in [6.07, 6.45) is 6.37. The average Bonchev–Trinajstić information content (AvgIpc) is 2.66. The number of hydrogen-bond acceptors (Lipinski definition) is 3. The first kappa shape index (κ1) is 14.8. The molecule has 1 saturated carbocycles. The van der Waals surface area contributed by atoms with Gasteiger partial charge in [-0.05, 0) is 31.6 Å². The Labute approximate surface area is 119 Å². The smallest absolute Gasteiger partial charge is 0.108 e. The monoisotopic (exact) mass is 286 g/mol. The van der Waals surface area contributed by atoms with Gasteiger partial charge < -0.3 is 9.84 Å². The lowest BCUT2D eigenvalue weighted by Gasteiger charge is -2.28. The highest BCUT2D eigenvalue weighted by Gasteiger charge is 2.36. The summed E-state index contributed by atoms with van der Waals surface area (Å²) in [5, 5.41) is 15.8. The maximum Gasteiger partial charge on any atom is 0.108 e. The van der Waals surface area contributed by atoms with Gasteiger partial charge in [0.15, 0.2) is 0 Å². The molecule has 1 aliphatic rings. The molecule has 1 heterocycles. The fourth-order valence-corrected chi connectivity index (χ4v) is 3.22. The fourth-order valence-electron chi connectivity index (χ4n) is 2.91. The molecule has 1 aromatic rings. The summed E-state index contributed by atoms with van der Waals surface area (Å²) in [6.45, 7) is 3.43. The van der Waals surface area contributed by atoms with Gasteiger partial charge in [-0.1, -0.05) is 24.9 Å². The number of ether oxygens (including phenoxy) is 1. The Hall–Kier alpha value is -0.580. The molecular weight excluding hydrogens is 264 g/mol. The van der Waals surface area contributed by atoms with Crippen molar-refractivity contribution in [1.82, 2.24) is 9.78 Å². The molecule has 0 aliphatic heterocycles. The average molecular weight is 287 g/mol. The molecule has 5 heteroatoms. The number of hydrogen-bond donors (Lipinski definition) is 1. The Morgan fingerprint density at radius 1 is 1.53 bits per heavy atom. The molecule has 19 heavy (non-hydrogen) atoms. The third kappa shape index (κ3) is 3.30. The van der Waals surface area contributed by atoms with E-state index in [9.17, 15) is 5.11 Å². The Balaban J connectivity index is 2.25. The number of aromatic nitrogens is 2. The molecule has 0 saturated heterocycles. The predicted octanol–water partition coefficient (Wildman–Crippen LogP) is 2.97. The largest absolute Gasteiger partial charge is 0.384 e. The molecule has 0 radical (unpaired) electrons. The van der Waals surface area contributed by atoms with E-state index in [1.807, 2.05) is 0 Å². The van der Waals surface area contributed by atoms with Crippen LogP contribution in [0, 0.1) is 5.92 Å². The Kier molecular flexibility index (Phi) is 4.87. The zero-order chi connectivity index (χ0) is 13.9. The van der Waals surface area contributed by atoms with Crippen LogP contribution in [0.25, 0.3) is 0 Å². The highest BCUT2D eigenvalue weighted by Crippen LogP contribution is 2.40. The van der Waals surface area contributed by atoms with Gasteiger partial charge in [0.05, 0.1) is 30.1 Å². The lowest BCUT2D eigenvalue weighted by atomic mass is 9.90. The van der Waals surface area contributed by atoms with Gasteiger partial charge in [-0.15, -0.1) is 0 Å². The van der Waals surface area contributed by atoms with Gasteiger partial charge in [0.25, 0.3) is 0 Å². The second kappa shape index (κ2) is 6.25. The van der Waals surface area contributed by atoms with E-state index in [1.165, 1.54) is 6.42 Å². The molecule has 0 bridgehead atoms. The van der Waals surface area contributed by atoms with Crippen LogP contribution in [0.15, 0.2) is 6.20 Å². The minimum Gasteiger partial charge on any atom is -0.384 e. The number of methoxy groups -OCH3 is 1. The molecule has 2 rings (SSSR count). The highest BCUT2D eigenvalue weighted by molar-refractivity contribution is 6.31. The standard InChI is InChI=1S/C14H23ClN2O2/c1-11-4-3-6-14(18,7-5-11)13-12(15)10-16-17(13)8-9-19-2/h10-11,18H,3-9H2,1-2H3. The zero-order valence-electron chi connectivity index (χ0n) is 11.7. The van der Waals surface area contributed by atoms with Crippen molar-refractivity contribution in [2.45, 2.75) is 51.2 Å². The molecule has 1 aromatic heterocycles. The molecule has 0 spiro atoms. The van der Waals surface area contributed by atoms with Crippen LogP contribution in [0.4, 0.5) is 0 Å². The van der Waals surface area contributed by atoms with Crippen molar-refractivity contribution in [1.29, 1.82) is 0 Å². The van der Waals surface area contributed by atoms with Gasteiger partial charge in [-0.3, -0.25) is 4.68 Å². The lowest BCUT2D eigenvalue weighted by Crippen LogP contribution is -2.29. The first-order chi connectivity index (χ1) is 9.07. The SMILES string of the molecule is COCCn1ncc(Cl)c1C1(O)CCCC(C)CC1. The fraction of sp³-hybridized carbons (Fsp3) is 0.786. The summed E-state index contributed by atoms with van der Waals surface area (Å²) in [7, 11) is 1.66. The van der Waals surface area contributed by atoms with Crippen molar-refractivity contribution in [2.24, 2.45) is 5.92 Å². The van der Waals surface area contributed by atoms with E-state index in [1.54, 1.807) is 18.0 Å². The van der Waals surface area contributed by atoms with Crippen molar-refractivity contribution in [2.75, 3.05) is 13.7 Å². The minimum atomic E-state index is -0.841. The van der Waals surface area contributed by atoms with Crippen LogP contribution < -0.4 is 0 Å². The minimum absolute atomic E-state index is 0.563. The lowest BCUT2D eigenvalue weighted by molar-refractivity contribution is 0.00996. The van der Waals surface area contributed by atoms with Crippen LogP contribution in [-0.4, -0.2) is 28.6 Å². The van der Waals surface area contributed by atoms with Crippen LogP contribution in [-0.2, 0) is 16.9 Å². The van der Waals surface area contributed by atoms with Gasteiger partial charge in [-0.2, -0.15) is 5.10 Å². The summed E-state index contributed by atoms with van der Waals surface area (Å²) in [4.78, 5) is 0. The molecule has 2 unspecified atom stereocenters. The van der Waals surface area contributed by atoms with Crippen molar-refractivity contribution in [3.8, 4) is 0 Å². The molecule has 1 fully saturated rings. The van der Waals surface area contributed by atoms with E-state index >= 15 is 0 Å². The third-order valence-electron chi connectivity index (χ3n) is 4.08. The summed E-state index contributed by atoms with van der Waals surface area (Å²) in [5.74, 6) is 0.670. The van der Waals surface area contributed by atoms with E-state index in [4.69, 9.17) is 16.3 Å². The second-order valence-electron chi connectivity index (χ2n) is 5.62. The van der Waals surface area contributed by atoms with Gasteiger partial charge in [0.1, 0.15) is 5.60 Å². The molecule has 0 amide bonds. The molecule has 4 nitrogen and oxygen atoms in total. The van der Waals surface area contributed by atoms with Gasteiger partial charge in [-0.25, -0.2) is 0 Å². The first-order valence-electron chi connectivity index (χ1n) is 7.00. The molecule has 1 N–H and O–H groups in total. The summed E-state index contributed by atoms with van der Waals surface area (Å²) in [5.41, 5.74) is -0.0770. The summed E-state index contributed by atoms with van der Waals surface area (Å²) >= 11 is 6.25. The van der Waals surface area contributed by atoms with Crippen molar-refractivity contribution in [3.05, 3.63) is 16.9 Å². The van der Waals surface area contributed by atoms with Crippen molar-refractivity contribution >= 4 is 11.6 Å². The number of aliphatic hydroxyl groups is 1. The van der Waals surface area contributed by atoms with E-state index in [2.05, 4.69) is 12.0 Å². The van der Waals surface area contributed by atoms with Gasteiger partial charge >= 0.3 is 0 Å². The second-order valence-corrected chi connectivity index (χ2v) is 6.03. The molecular formula is C14H23ClN2O2. The van der Waals surface area contributed by atoms with Gasteiger partial charge in [0, 0.05) is 7.11 Å². The Bertz CT molecular complexity index is 422. The van der Waals surface area contributed by atoms with Crippen LogP contribution in [0.5, 0.6) is 0 Å². The predicted molar refractivity (Wildman–Crippen MR) is 75.3 cm³/mol. The van der Waals surface area contributed by atoms with Crippen LogP contribution >= 0.6 is 11.6 Å². The number of halogens is 1. The van der Waals surface area contributed by atoms with Crippen molar-refractivity contribution in [3.63, 3.8) is 0 Å². The molecule has 108 valence electrons. The summed E-state index contributed by atoms with van der Waals surface area (Å²) < 4.78 is 6.88. The Morgan fingerprint density at radius 2 is 2.32 bits per heavy atom. The quantitative estimate of drug-likeness (QED) is 0.866. The van der Waals surface area contributed by atoms with E-state index in [0.29, 0.717) is 24.1 Å². The molecule has 2 atom stereocenters. The maximum atomic E-state index is 11.0. The number of nitrogens with zero attached hydrogens (tertiary/aromatic N) is 2. The van der Waals surface area contributed by atoms with Crippen LogP contribution in [0.2, 0.25) is 5.02 Å². The first-order valence-corrected chi connectivity index (χ1v) is 7.38. The molecule has 0 aromatic carbocycles. The van der Waals surface area contributed by atoms with Gasteiger partial charge in [0.2, 0.25) is 0 Å². The van der Waals surface area contributed by atoms with E-state index in [-0.39, 0.29) is 0 Å². The third-order valence-corrected chi connectivity index (χ3v) is 4.36. The Morgan fingerprint density at radius 3 is 3.05 bits per heavy atom. The summed E-state index contributed by atoms with van der Waals surface area (Å²) in [6, 6.07) is 0. The maximum absolute atomic E-state index is 11.0. The normalized spacial score (nSPS) is 28.3. The molecule has 1 aliphatic carbocycles. The van der Waals surface area contributed by atoms with Crippen LogP contribution in [0.3, 0.4) is 0 Å². The van der Waals surface area contributed by atoms with E-state index in [0.717, 1.165) is 31.4 Å². The topological polar surface area (TPSA) is 47.3 Å². The van der Waals surface area contributed by atoms with Crippen molar-refractivity contribution < 1.29 is 9.84 Å². The highest BCUT2D eigenvalue weighted by atomic mass is 35.5.